The molecule has 4 aliphatic rings. The van der Waals surface area contributed by atoms with Crippen LogP contribution in [0.4, 0.5) is 5.69 Å². The van der Waals surface area contributed by atoms with Gasteiger partial charge in [0.1, 0.15) is 5.75 Å². The summed E-state index contributed by atoms with van der Waals surface area (Å²) in [7, 11) is 0. The quantitative estimate of drug-likeness (QED) is 0.393. The summed E-state index contributed by atoms with van der Waals surface area (Å²) >= 11 is 0. The Labute approximate surface area is 208 Å². The van der Waals surface area contributed by atoms with E-state index in [0.717, 1.165) is 5.57 Å². The number of imide groups is 1. The molecule has 6 heteroatoms. The summed E-state index contributed by atoms with van der Waals surface area (Å²) in [4.78, 5) is 55.1. The number of aryl methyl sites for hydroxylation is 1. The lowest BCUT2D eigenvalue weighted by atomic mass is 9.59. The molecule has 180 valence electrons. The van der Waals surface area contributed by atoms with Gasteiger partial charge < -0.3 is 5.11 Å². The number of nitrogens with zero attached hydrogens (tertiary/aromatic N) is 1. The molecule has 1 saturated heterocycles. The number of hydrogen-bond acceptors (Lipinski definition) is 5. The number of carbonyl (C=O) groups is 4. The van der Waals surface area contributed by atoms with E-state index in [9.17, 15) is 24.3 Å². The number of carbonyl (C=O) groups excluding carboxylic acids is 4. The van der Waals surface area contributed by atoms with Crippen LogP contribution in [0.2, 0.25) is 0 Å². The zero-order valence-corrected chi connectivity index (χ0v) is 20.0. The molecule has 1 N–H and O–H groups in total. The molecule has 1 heterocycles. The van der Waals surface area contributed by atoms with Gasteiger partial charge in [0, 0.05) is 28.2 Å². The molecule has 0 spiro atoms. The van der Waals surface area contributed by atoms with E-state index in [0.29, 0.717) is 40.0 Å². The van der Waals surface area contributed by atoms with Crippen molar-refractivity contribution in [2.45, 2.75) is 32.6 Å². The predicted octanol–water partition coefficient (Wildman–Crippen LogP) is 4.33. The van der Waals surface area contributed by atoms with Crippen molar-refractivity contribution in [1.29, 1.82) is 0 Å². The summed E-state index contributed by atoms with van der Waals surface area (Å²) in [5.41, 5.74) is 3.72. The minimum absolute atomic E-state index is 0.0734. The highest BCUT2D eigenvalue weighted by molar-refractivity contribution is 6.25. The Kier molecular flexibility index (Phi) is 4.97. The molecular formula is C30H25NO5. The highest BCUT2D eigenvalue weighted by atomic mass is 16.3. The Bertz CT molecular complexity index is 1460. The van der Waals surface area contributed by atoms with Crippen molar-refractivity contribution in [3.8, 4) is 5.75 Å². The predicted molar refractivity (Wildman–Crippen MR) is 133 cm³/mol. The molecule has 6 nitrogen and oxygen atoms in total. The molecule has 4 atom stereocenters. The van der Waals surface area contributed by atoms with Crippen molar-refractivity contribution in [1.82, 2.24) is 0 Å². The summed E-state index contributed by atoms with van der Waals surface area (Å²) in [5, 5.41) is 11.0. The second kappa shape index (κ2) is 7.98. The number of aromatic hydroxyl groups is 1. The molecule has 0 aromatic heterocycles. The maximum absolute atomic E-state index is 13.8. The van der Waals surface area contributed by atoms with Crippen molar-refractivity contribution < 1.29 is 24.3 Å². The van der Waals surface area contributed by atoms with Crippen LogP contribution in [-0.2, 0) is 19.2 Å². The lowest BCUT2D eigenvalue weighted by Gasteiger charge is -2.42. The van der Waals surface area contributed by atoms with Crippen LogP contribution in [0.1, 0.15) is 36.8 Å². The number of benzene rings is 2. The first kappa shape index (κ1) is 22.4. The third-order valence-electron chi connectivity index (χ3n) is 8.16. The van der Waals surface area contributed by atoms with Crippen molar-refractivity contribution in [2.75, 3.05) is 4.90 Å². The number of amides is 2. The minimum Gasteiger partial charge on any atom is -0.507 e. The molecule has 3 aliphatic carbocycles. The van der Waals surface area contributed by atoms with Gasteiger partial charge >= 0.3 is 0 Å². The molecule has 0 bridgehead atoms. The molecule has 0 radical (unpaired) electrons. The maximum Gasteiger partial charge on any atom is 0.238 e. The number of rotatable bonds is 2. The molecule has 6 rings (SSSR count). The molecule has 2 amide bonds. The number of para-hydroxylation sites is 2. The number of phenols is 1. The van der Waals surface area contributed by atoms with Crippen molar-refractivity contribution >= 4 is 29.1 Å². The number of anilines is 1. The number of allylic oxidation sites excluding steroid dienone is 6. The van der Waals surface area contributed by atoms with Gasteiger partial charge in [-0.2, -0.15) is 0 Å². The fraction of sp³-hybridized carbons (Fsp3) is 0.267. The molecule has 1 aliphatic heterocycles. The number of phenolic OH excluding ortho intramolecular Hbond substituents is 1. The van der Waals surface area contributed by atoms with Crippen molar-refractivity contribution in [2.24, 2.45) is 17.8 Å². The van der Waals surface area contributed by atoms with E-state index in [1.165, 1.54) is 11.0 Å². The van der Waals surface area contributed by atoms with Crippen LogP contribution >= 0.6 is 0 Å². The molecular weight excluding hydrogens is 454 g/mol. The number of hydrogen-bond donors (Lipinski definition) is 1. The van der Waals surface area contributed by atoms with Gasteiger partial charge in [0.25, 0.3) is 0 Å². The standard InChI is InChI=1S/C30H25NO5/c1-15-7-6-10-19(27(15)33)24-18-11-12-20-25(30(36)31(29(20)35)17-8-4-3-5-9-17)21(18)14-22-26(24)23(32)13-16(2)28(22)34/h3-11,13,20-21,24-25,33H,12,14H2,1-2H3. The van der Waals surface area contributed by atoms with E-state index in [1.807, 2.05) is 18.2 Å². The van der Waals surface area contributed by atoms with Crippen LogP contribution in [0.15, 0.2) is 83.0 Å². The fourth-order valence-electron chi connectivity index (χ4n) is 6.48. The smallest absolute Gasteiger partial charge is 0.238 e. The molecule has 2 aromatic rings. The third kappa shape index (κ3) is 3.03. The minimum atomic E-state index is -0.644. The first-order valence-corrected chi connectivity index (χ1v) is 12.2. The monoisotopic (exact) mass is 479 g/mol. The lowest BCUT2D eigenvalue weighted by molar-refractivity contribution is -0.123. The summed E-state index contributed by atoms with van der Waals surface area (Å²) in [6.45, 7) is 3.41. The van der Waals surface area contributed by atoms with E-state index in [4.69, 9.17) is 0 Å². The van der Waals surface area contributed by atoms with Gasteiger partial charge in [0.15, 0.2) is 11.6 Å². The van der Waals surface area contributed by atoms with Gasteiger partial charge in [-0.15, -0.1) is 0 Å². The summed E-state index contributed by atoms with van der Waals surface area (Å²) in [6, 6.07) is 14.3. The van der Waals surface area contributed by atoms with Crippen LogP contribution in [-0.4, -0.2) is 28.5 Å². The Morgan fingerprint density at radius 1 is 0.889 bits per heavy atom. The molecule has 2 aromatic carbocycles. The van der Waals surface area contributed by atoms with E-state index < -0.39 is 23.7 Å². The average Bonchev–Trinajstić information content (AvgIpc) is 3.13. The zero-order chi connectivity index (χ0) is 25.3. The second-order valence-electron chi connectivity index (χ2n) is 10.1. The van der Waals surface area contributed by atoms with Gasteiger partial charge in [-0.3, -0.25) is 24.1 Å². The van der Waals surface area contributed by atoms with E-state index >= 15 is 0 Å². The van der Waals surface area contributed by atoms with E-state index in [1.54, 1.807) is 50.2 Å². The molecule has 1 fully saturated rings. The lowest BCUT2D eigenvalue weighted by Crippen LogP contribution is -2.39. The molecule has 4 unspecified atom stereocenters. The van der Waals surface area contributed by atoms with Crippen LogP contribution in [0.25, 0.3) is 0 Å². The normalized spacial score (nSPS) is 27.4. The van der Waals surface area contributed by atoms with Crippen molar-refractivity contribution in [3.63, 3.8) is 0 Å². The first-order valence-electron chi connectivity index (χ1n) is 12.2. The Morgan fingerprint density at radius 2 is 1.64 bits per heavy atom. The van der Waals surface area contributed by atoms with Gasteiger partial charge in [-0.25, -0.2) is 0 Å². The number of ketones is 2. The van der Waals surface area contributed by atoms with Crippen LogP contribution < -0.4 is 4.90 Å². The highest BCUT2D eigenvalue weighted by Crippen LogP contribution is 2.56. The Hall–Kier alpha value is -4.06. The van der Waals surface area contributed by atoms with Crippen LogP contribution in [0, 0.1) is 24.7 Å². The van der Waals surface area contributed by atoms with E-state index in [-0.39, 0.29) is 35.6 Å². The topological polar surface area (TPSA) is 91.8 Å². The third-order valence-corrected chi connectivity index (χ3v) is 8.16. The first-order chi connectivity index (χ1) is 17.3. The largest absolute Gasteiger partial charge is 0.507 e. The zero-order valence-electron chi connectivity index (χ0n) is 20.0. The summed E-state index contributed by atoms with van der Waals surface area (Å²) in [6.07, 6.45) is 3.93. The Morgan fingerprint density at radius 3 is 2.39 bits per heavy atom. The number of Topliss-reactive ketones (excluding diaryl/α,β-unsaturated/α-hetero) is 1. The van der Waals surface area contributed by atoms with Gasteiger partial charge in [0.05, 0.1) is 17.5 Å². The van der Waals surface area contributed by atoms with Gasteiger partial charge in [0.2, 0.25) is 11.8 Å². The average molecular weight is 480 g/mol. The SMILES string of the molecule is CC1=CC(=O)C2=C(CC3C(=CCC4C(=O)N(c5ccccc5)C(=O)C43)C2c2cccc(C)c2O)C1=O. The van der Waals surface area contributed by atoms with Gasteiger partial charge in [-0.05, 0) is 56.4 Å². The Balaban J connectivity index is 1.52. The molecule has 0 saturated carbocycles. The van der Waals surface area contributed by atoms with Crippen LogP contribution in [0.3, 0.4) is 0 Å². The summed E-state index contributed by atoms with van der Waals surface area (Å²) in [5.74, 6) is -3.10. The highest BCUT2D eigenvalue weighted by Gasteiger charge is 2.56. The fourth-order valence-corrected chi connectivity index (χ4v) is 6.48. The summed E-state index contributed by atoms with van der Waals surface area (Å²) < 4.78 is 0. The van der Waals surface area contributed by atoms with Gasteiger partial charge in [-0.1, -0.05) is 48.0 Å². The second-order valence-corrected chi connectivity index (χ2v) is 10.1. The van der Waals surface area contributed by atoms with E-state index in [2.05, 4.69) is 0 Å². The molecule has 36 heavy (non-hydrogen) atoms. The maximum atomic E-state index is 13.8. The van der Waals surface area contributed by atoms with Crippen molar-refractivity contribution in [3.05, 3.63) is 94.1 Å². The number of fused-ring (bicyclic) bond motifs is 3. The van der Waals surface area contributed by atoms with Crippen LogP contribution in [0.5, 0.6) is 5.75 Å².